The Kier molecular flexibility index (Phi) is 6.18. The number of phenolic OH excluding ortho intramolecular Hbond substituents is 2. The molecule has 178 valence electrons. The highest BCUT2D eigenvalue weighted by molar-refractivity contribution is 8.19. The van der Waals surface area contributed by atoms with Gasteiger partial charge < -0.3 is 23.9 Å². The molecule has 15 heteroatoms. The van der Waals surface area contributed by atoms with Crippen LogP contribution in [0.4, 0.5) is 11.4 Å². The Labute approximate surface area is 189 Å². The van der Waals surface area contributed by atoms with Crippen LogP contribution in [-0.2, 0) is 20.0 Å². The number of sulfone groups is 1. The van der Waals surface area contributed by atoms with Crippen molar-refractivity contribution in [3.63, 3.8) is 0 Å². The van der Waals surface area contributed by atoms with Gasteiger partial charge in [0.25, 0.3) is 10.1 Å². The molecule has 0 bridgehead atoms. The third-order valence-corrected chi connectivity index (χ3v) is 7.35. The van der Waals surface area contributed by atoms with Crippen LogP contribution in [0.25, 0.3) is 10.8 Å². The average molecular weight is 519 g/mol. The summed E-state index contributed by atoms with van der Waals surface area (Å²) in [5.41, 5.74) is -0.902. The van der Waals surface area contributed by atoms with Gasteiger partial charge in [-0.2, -0.15) is 8.42 Å². The molecule has 0 saturated carbocycles. The molecule has 3 aromatic carbocycles. The summed E-state index contributed by atoms with van der Waals surface area (Å²) < 4.78 is 86.4. The predicted molar refractivity (Wildman–Crippen MR) is 119 cm³/mol. The fraction of sp³-hybridized carbons (Fsp3) is 0.111. The minimum atomic E-state index is -5.01. The number of rotatable bonds is 5. The van der Waals surface area contributed by atoms with E-state index in [4.69, 9.17) is 0 Å². The number of azo groups is 1. The first-order valence-electron chi connectivity index (χ1n) is 8.73. The number of hydrogen-bond donors (Lipinski definition) is 6. The van der Waals surface area contributed by atoms with E-state index >= 15 is 0 Å². The molecule has 0 fully saturated rings. The minimum absolute atomic E-state index is 0.0787. The van der Waals surface area contributed by atoms with Gasteiger partial charge in [-0.15, -0.1) is 10.2 Å². The first kappa shape index (κ1) is 24.8. The standard InChI is InChI=1S/C18H18N2O10S3/c1-9-5-10-7-15(33(28,29)30)17(18(22)16(10)14(6-9)32(25,26)27)20-19-12-8-11(31(2,23)24)3-4-13(12)21/h3-8,21-22,25-27H,1-2H3,(H,28,29,30). The van der Waals surface area contributed by atoms with E-state index in [9.17, 15) is 45.3 Å². The first-order chi connectivity index (χ1) is 15.0. The smallest absolute Gasteiger partial charge is 0.296 e. The lowest BCUT2D eigenvalue weighted by Gasteiger charge is -2.23. The van der Waals surface area contributed by atoms with Crippen LogP contribution in [0.15, 0.2) is 61.3 Å². The summed E-state index contributed by atoms with van der Waals surface area (Å²) in [6, 6.07) is 6.41. The van der Waals surface area contributed by atoms with Gasteiger partial charge in [0.2, 0.25) is 0 Å². The molecule has 0 aromatic heterocycles. The lowest BCUT2D eigenvalue weighted by molar-refractivity contribution is 0.376. The maximum absolute atomic E-state index is 12.0. The number of phenols is 2. The zero-order valence-corrected chi connectivity index (χ0v) is 19.3. The summed E-state index contributed by atoms with van der Waals surface area (Å²) in [6.45, 7) is 1.50. The van der Waals surface area contributed by atoms with E-state index in [1.54, 1.807) is 0 Å². The van der Waals surface area contributed by atoms with Crippen molar-refractivity contribution in [2.75, 3.05) is 6.26 Å². The van der Waals surface area contributed by atoms with Gasteiger partial charge in [0.05, 0.1) is 9.79 Å². The molecular weight excluding hydrogens is 500 g/mol. The molecule has 0 aliphatic heterocycles. The van der Waals surface area contributed by atoms with Crippen molar-refractivity contribution in [3.8, 4) is 11.5 Å². The van der Waals surface area contributed by atoms with Crippen LogP contribution in [0.2, 0.25) is 0 Å². The Morgan fingerprint density at radius 2 is 1.45 bits per heavy atom. The summed E-state index contributed by atoms with van der Waals surface area (Å²) in [7, 11) is -13.1. The van der Waals surface area contributed by atoms with Gasteiger partial charge in [-0.05, 0) is 48.2 Å². The zero-order valence-electron chi connectivity index (χ0n) is 16.9. The van der Waals surface area contributed by atoms with E-state index < -0.39 is 63.5 Å². The van der Waals surface area contributed by atoms with Crippen molar-refractivity contribution in [2.24, 2.45) is 10.2 Å². The fourth-order valence-electron chi connectivity index (χ4n) is 3.02. The molecular formula is C18H18N2O10S3. The molecule has 33 heavy (non-hydrogen) atoms. The summed E-state index contributed by atoms with van der Waals surface area (Å²) in [5, 5.41) is 27.4. The maximum Gasteiger partial charge on any atom is 0.296 e. The highest BCUT2D eigenvalue weighted by atomic mass is 32.3. The second-order valence-corrected chi connectivity index (χ2v) is 11.9. The second kappa shape index (κ2) is 8.21. The van der Waals surface area contributed by atoms with Crippen LogP contribution in [-0.4, -0.2) is 51.5 Å². The van der Waals surface area contributed by atoms with Crippen molar-refractivity contribution in [1.29, 1.82) is 0 Å². The van der Waals surface area contributed by atoms with Crippen LogP contribution >= 0.6 is 10.9 Å². The highest BCUT2D eigenvalue weighted by Crippen LogP contribution is 2.53. The number of nitrogens with zero attached hydrogens (tertiary/aromatic N) is 2. The zero-order chi connectivity index (χ0) is 24.9. The van der Waals surface area contributed by atoms with Gasteiger partial charge >= 0.3 is 0 Å². The molecule has 0 atom stereocenters. The molecule has 3 aromatic rings. The Morgan fingerprint density at radius 1 is 0.818 bits per heavy atom. The average Bonchev–Trinajstić information content (AvgIpc) is 2.65. The highest BCUT2D eigenvalue weighted by Gasteiger charge is 2.28. The van der Waals surface area contributed by atoms with E-state index in [1.165, 1.54) is 13.0 Å². The number of aryl methyl sites for hydroxylation is 1. The third-order valence-electron chi connectivity index (χ3n) is 4.46. The summed E-state index contributed by atoms with van der Waals surface area (Å²) >= 11 is 0. The number of aromatic hydroxyl groups is 2. The SMILES string of the molecule is Cc1cc(S(O)(O)O)c2c(O)c(N=Nc3cc(S(C)(=O)=O)ccc3O)c(S(=O)(=O)O)cc2c1. The lowest BCUT2D eigenvalue weighted by atomic mass is 10.1. The molecule has 6 N–H and O–H groups in total. The van der Waals surface area contributed by atoms with Gasteiger partial charge in [0.1, 0.15) is 32.9 Å². The van der Waals surface area contributed by atoms with Crippen LogP contribution in [0, 0.1) is 6.92 Å². The van der Waals surface area contributed by atoms with Crippen molar-refractivity contribution in [3.05, 3.63) is 42.0 Å². The van der Waals surface area contributed by atoms with Gasteiger partial charge in [-0.1, -0.05) is 6.07 Å². The van der Waals surface area contributed by atoms with E-state index in [2.05, 4.69) is 10.2 Å². The minimum Gasteiger partial charge on any atom is -0.506 e. The molecule has 12 nitrogen and oxygen atoms in total. The Morgan fingerprint density at radius 3 is 2.00 bits per heavy atom. The van der Waals surface area contributed by atoms with Crippen LogP contribution < -0.4 is 0 Å². The van der Waals surface area contributed by atoms with E-state index in [-0.39, 0.29) is 15.7 Å². The first-order valence-corrected chi connectivity index (χ1v) is 13.6. The van der Waals surface area contributed by atoms with Crippen molar-refractivity contribution in [1.82, 2.24) is 0 Å². The van der Waals surface area contributed by atoms with Crippen molar-refractivity contribution in [2.45, 2.75) is 21.6 Å². The molecule has 3 rings (SSSR count). The summed E-state index contributed by atoms with van der Waals surface area (Å²) in [6.07, 6.45) is 0.905. The largest absolute Gasteiger partial charge is 0.506 e. The molecule has 0 unspecified atom stereocenters. The number of fused-ring (bicyclic) bond motifs is 1. The Bertz CT molecular complexity index is 1530. The predicted octanol–water partition coefficient (Wildman–Crippen LogP) is 4.21. The molecule has 0 saturated heterocycles. The fourth-order valence-corrected chi connectivity index (χ4v) is 5.15. The number of benzene rings is 3. The summed E-state index contributed by atoms with van der Waals surface area (Å²) in [5.74, 6) is -1.51. The van der Waals surface area contributed by atoms with Crippen molar-refractivity contribution >= 4 is 53.0 Å². The van der Waals surface area contributed by atoms with Gasteiger partial charge in [-0.25, -0.2) is 8.42 Å². The molecule has 0 amide bonds. The molecule has 0 radical (unpaired) electrons. The van der Waals surface area contributed by atoms with Crippen molar-refractivity contribution < 1.29 is 45.3 Å². The van der Waals surface area contributed by atoms with E-state index in [0.717, 1.165) is 36.6 Å². The Balaban J connectivity index is 2.37. The van der Waals surface area contributed by atoms with Crippen LogP contribution in [0.3, 0.4) is 0 Å². The second-order valence-electron chi connectivity index (χ2n) is 7.05. The normalized spacial score (nSPS) is 13.6. The topological polar surface area (TPSA) is 214 Å². The van der Waals surface area contributed by atoms with Crippen LogP contribution in [0.5, 0.6) is 11.5 Å². The molecule has 0 aliphatic carbocycles. The lowest BCUT2D eigenvalue weighted by Crippen LogP contribution is -2.02. The monoisotopic (exact) mass is 518 g/mol. The summed E-state index contributed by atoms with van der Waals surface area (Å²) in [4.78, 5) is -1.68. The van der Waals surface area contributed by atoms with E-state index in [1.807, 2.05) is 0 Å². The molecule has 0 heterocycles. The van der Waals surface area contributed by atoms with Crippen LogP contribution in [0.1, 0.15) is 5.56 Å². The van der Waals surface area contributed by atoms with Gasteiger partial charge in [-0.3, -0.25) is 4.55 Å². The number of hydrogen-bond acceptors (Lipinski definition) is 11. The van der Waals surface area contributed by atoms with Gasteiger partial charge in [0.15, 0.2) is 15.6 Å². The molecule has 0 aliphatic rings. The van der Waals surface area contributed by atoms with E-state index in [0.29, 0.717) is 5.56 Å². The third kappa shape index (κ3) is 5.09. The van der Waals surface area contributed by atoms with Gasteiger partial charge in [0, 0.05) is 11.6 Å². The Hall–Kier alpha value is -2.79. The maximum atomic E-state index is 12.0. The quantitative estimate of drug-likeness (QED) is 0.209. The molecule has 0 spiro atoms.